The van der Waals surface area contributed by atoms with Crippen LogP contribution >= 0.6 is 0 Å². The van der Waals surface area contributed by atoms with Crippen LogP contribution in [0.2, 0.25) is 0 Å². The Bertz CT molecular complexity index is 1140. The van der Waals surface area contributed by atoms with Gasteiger partial charge in [0, 0.05) is 5.41 Å². The zero-order valence-electron chi connectivity index (χ0n) is 26.3. The minimum atomic E-state index is 0.275. The highest BCUT2D eigenvalue weighted by Crippen LogP contribution is 2.37. The quantitative estimate of drug-likeness (QED) is 0.210. The van der Waals surface area contributed by atoms with Gasteiger partial charge in [-0.25, -0.2) is 0 Å². The first-order chi connectivity index (χ1) is 19.4. The van der Waals surface area contributed by atoms with E-state index in [-0.39, 0.29) is 5.41 Å². The van der Waals surface area contributed by atoms with Crippen LogP contribution < -0.4 is 4.74 Å². The van der Waals surface area contributed by atoms with Gasteiger partial charge in [0.2, 0.25) is 0 Å². The molecule has 1 saturated carbocycles. The standard InChI is InChI=1S/C39H54O/c1-7-32-26-37(27-33(8-2)38(32)40-28-39(9-3,10-4)11-5)36-24-22-35(23-25-36)34-20-18-31(19-21-34)17-16-30-14-12-29(6)13-15-30/h18-27,29-30H,7-17,28H2,1-6H3. The van der Waals surface area contributed by atoms with E-state index in [4.69, 9.17) is 4.74 Å². The molecule has 1 fully saturated rings. The van der Waals surface area contributed by atoms with Crippen molar-refractivity contribution in [3.63, 3.8) is 0 Å². The van der Waals surface area contributed by atoms with Crippen LogP contribution in [0.1, 0.15) is 110 Å². The van der Waals surface area contributed by atoms with E-state index in [2.05, 4.69) is 102 Å². The van der Waals surface area contributed by atoms with E-state index < -0.39 is 0 Å². The molecule has 1 aliphatic rings. The van der Waals surface area contributed by atoms with E-state index in [9.17, 15) is 0 Å². The van der Waals surface area contributed by atoms with Gasteiger partial charge in [-0.2, -0.15) is 0 Å². The Morgan fingerprint density at radius 1 is 0.650 bits per heavy atom. The van der Waals surface area contributed by atoms with Gasteiger partial charge in [-0.3, -0.25) is 0 Å². The van der Waals surface area contributed by atoms with Gasteiger partial charge in [-0.1, -0.05) is 116 Å². The zero-order valence-corrected chi connectivity index (χ0v) is 26.3. The monoisotopic (exact) mass is 538 g/mol. The highest BCUT2D eigenvalue weighted by molar-refractivity contribution is 5.72. The Hall–Kier alpha value is -2.54. The third kappa shape index (κ3) is 7.39. The lowest BCUT2D eigenvalue weighted by Crippen LogP contribution is -2.27. The van der Waals surface area contributed by atoms with Crippen LogP contribution in [-0.2, 0) is 19.3 Å². The van der Waals surface area contributed by atoms with Crippen molar-refractivity contribution in [3.8, 4) is 28.0 Å². The summed E-state index contributed by atoms with van der Waals surface area (Å²) in [6.07, 6.45) is 13.7. The Morgan fingerprint density at radius 3 is 1.60 bits per heavy atom. The average Bonchev–Trinajstić information content (AvgIpc) is 3.01. The van der Waals surface area contributed by atoms with E-state index in [0.717, 1.165) is 56.3 Å². The van der Waals surface area contributed by atoms with E-state index in [0.29, 0.717) is 0 Å². The molecule has 0 amide bonds. The van der Waals surface area contributed by atoms with Crippen molar-refractivity contribution < 1.29 is 4.74 Å². The fraction of sp³-hybridized carbons (Fsp3) is 0.538. The minimum Gasteiger partial charge on any atom is -0.492 e. The summed E-state index contributed by atoms with van der Waals surface area (Å²) >= 11 is 0. The molecular formula is C39H54O. The molecule has 4 rings (SSSR count). The van der Waals surface area contributed by atoms with Crippen molar-refractivity contribution in [2.45, 2.75) is 112 Å². The molecule has 40 heavy (non-hydrogen) atoms. The van der Waals surface area contributed by atoms with Crippen LogP contribution in [-0.4, -0.2) is 6.61 Å². The van der Waals surface area contributed by atoms with E-state index >= 15 is 0 Å². The number of aryl methyl sites for hydroxylation is 3. The Labute approximate surface area is 245 Å². The van der Waals surface area contributed by atoms with Gasteiger partial charge in [-0.15, -0.1) is 0 Å². The Morgan fingerprint density at radius 2 is 1.12 bits per heavy atom. The lowest BCUT2D eigenvalue weighted by molar-refractivity contribution is 0.126. The summed E-state index contributed by atoms with van der Waals surface area (Å²) in [6, 6.07) is 23.2. The SMILES string of the molecule is CCc1cc(-c2ccc(-c3ccc(CCC4CCC(C)CC4)cc3)cc2)cc(CC)c1OCC(CC)(CC)CC. The fourth-order valence-electron chi connectivity index (χ4n) is 6.62. The third-order valence-electron chi connectivity index (χ3n) is 10.3. The van der Waals surface area contributed by atoms with Crippen LogP contribution in [0.15, 0.2) is 60.7 Å². The van der Waals surface area contributed by atoms with Crippen molar-refractivity contribution in [1.82, 2.24) is 0 Å². The van der Waals surface area contributed by atoms with Gasteiger partial charge in [0.1, 0.15) is 5.75 Å². The average molecular weight is 539 g/mol. The molecule has 3 aromatic rings. The smallest absolute Gasteiger partial charge is 0.125 e. The molecule has 0 atom stereocenters. The van der Waals surface area contributed by atoms with Gasteiger partial charge < -0.3 is 4.74 Å². The molecular weight excluding hydrogens is 484 g/mol. The fourth-order valence-corrected chi connectivity index (χ4v) is 6.62. The Kier molecular flexibility index (Phi) is 10.9. The molecule has 1 nitrogen and oxygen atoms in total. The second kappa shape index (κ2) is 14.4. The lowest BCUT2D eigenvalue weighted by atomic mass is 9.80. The second-order valence-corrected chi connectivity index (χ2v) is 12.6. The van der Waals surface area contributed by atoms with Gasteiger partial charge in [-0.05, 0) is 108 Å². The van der Waals surface area contributed by atoms with Crippen LogP contribution in [0.5, 0.6) is 5.75 Å². The van der Waals surface area contributed by atoms with Crippen LogP contribution in [0.25, 0.3) is 22.3 Å². The third-order valence-corrected chi connectivity index (χ3v) is 10.3. The predicted molar refractivity (Wildman–Crippen MR) is 174 cm³/mol. The van der Waals surface area contributed by atoms with E-state index in [1.807, 2.05) is 0 Å². The number of ether oxygens (including phenoxy) is 1. The Balaban J connectivity index is 1.45. The highest BCUT2D eigenvalue weighted by Gasteiger charge is 2.26. The summed E-state index contributed by atoms with van der Waals surface area (Å²) in [5.74, 6) is 3.00. The van der Waals surface area contributed by atoms with Crippen molar-refractivity contribution in [1.29, 1.82) is 0 Å². The molecule has 216 valence electrons. The zero-order chi connectivity index (χ0) is 28.5. The molecule has 0 bridgehead atoms. The first-order valence-corrected chi connectivity index (χ1v) is 16.4. The van der Waals surface area contributed by atoms with Crippen molar-refractivity contribution in [3.05, 3.63) is 77.4 Å². The van der Waals surface area contributed by atoms with E-state index in [1.54, 1.807) is 0 Å². The summed E-state index contributed by atoms with van der Waals surface area (Å²) in [6.45, 7) is 14.6. The molecule has 0 radical (unpaired) electrons. The van der Waals surface area contributed by atoms with Crippen molar-refractivity contribution >= 4 is 0 Å². The molecule has 0 saturated heterocycles. The van der Waals surface area contributed by atoms with Gasteiger partial charge >= 0.3 is 0 Å². The summed E-state index contributed by atoms with van der Waals surface area (Å²) in [4.78, 5) is 0. The van der Waals surface area contributed by atoms with Crippen molar-refractivity contribution in [2.75, 3.05) is 6.61 Å². The largest absolute Gasteiger partial charge is 0.492 e. The molecule has 0 heterocycles. The van der Waals surface area contributed by atoms with Gasteiger partial charge in [0.05, 0.1) is 6.61 Å². The summed E-state index contributed by atoms with van der Waals surface area (Å²) in [5.41, 5.74) is 9.59. The van der Waals surface area contributed by atoms with Crippen LogP contribution in [0.4, 0.5) is 0 Å². The topological polar surface area (TPSA) is 9.23 Å². The lowest BCUT2D eigenvalue weighted by Gasteiger charge is -2.31. The second-order valence-electron chi connectivity index (χ2n) is 12.6. The first kappa shape index (κ1) is 30.4. The number of benzene rings is 3. The maximum Gasteiger partial charge on any atom is 0.125 e. The highest BCUT2D eigenvalue weighted by atomic mass is 16.5. The van der Waals surface area contributed by atoms with Crippen LogP contribution in [0.3, 0.4) is 0 Å². The van der Waals surface area contributed by atoms with E-state index in [1.165, 1.54) is 77.5 Å². The summed E-state index contributed by atoms with van der Waals surface area (Å²) in [5, 5.41) is 0. The predicted octanol–water partition coefficient (Wildman–Crippen LogP) is 11.5. The summed E-state index contributed by atoms with van der Waals surface area (Å²) in [7, 11) is 0. The molecule has 0 spiro atoms. The molecule has 0 unspecified atom stereocenters. The summed E-state index contributed by atoms with van der Waals surface area (Å²) < 4.78 is 6.62. The van der Waals surface area contributed by atoms with Gasteiger partial charge in [0.25, 0.3) is 0 Å². The molecule has 0 aromatic heterocycles. The maximum atomic E-state index is 6.62. The van der Waals surface area contributed by atoms with Crippen molar-refractivity contribution in [2.24, 2.45) is 17.3 Å². The molecule has 0 aliphatic heterocycles. The normalized spacial score (nSPS) is 17.6. The molecule has 1 aliphatic carbocycles. The first-order valence-electron chi connectivity index (χ1n) is 16.4. The number of hydrogen-bond acceptors (Lipinski definition) is 1. The molecule has 3 aromatic carbocycles. The van der Waals surface area contributed by atoms with Gasteiger partial charge in [0.15, 0.2) is 0 Å². The molecule has 1 heteroatoms. The maximum absolute atomic E-state index is 6.62. The number of rotatable bonds is 13. The minimum absolute atomic E-state index is 0.275. The van der Waals surface area contributed by atoms with Crippen LogP contribution in [0, 0.1) is 17.3 Å². The molecule has 0 N–H and O–H groups in total. The number of hydrogen-bond donors (Lipinski definition) is 0.